The molecule has 1 heterocycles. The zero-order valence-corrected chi connectivity index (χ0v) is 7.92. The van der Waals surface area contributed by atoms with Crippen LogP contribution in [0.2, 0.25) is 0 Å². The lowest BCUT2D eigenvalue weighted by Gasteiger charge is -2.18. The first-order valence-corrected chi connectivity index (χ1v) is 4.23. The minimum Gasteiger partial charge on any atom is -0.336 e. The van der Waals surface area contributed by atoms with Crippen LogP contribution in [0.4, 0.5) is 0 Å². The van der Waals surface area contributed by atoms with Crippen molar-refractivity contribution in [2.24, 2.45) is 0 Å². The lowest BCUT2D eigenvalue weighted by atomic mass is 9.91. The van der Waals surface area contributed by atoms with Crippen LogP contribution in [0.25, 0.3) is 0 Å². The molecule has 0 aromatic heterocycles. The highest BCUT2D eigenvalue weighted by molar-refractivity contribution is 6.21. The molecule has 1 unspecified atom stereocenters. The Morgan fingerprint density at radius 1 is 1.58 bits per heavy atom. The summed E-state index contributed by atoms with van der Waals surface area (Å²) in [6.07, 6.45) is 0.932. The van der Waals surface area contributed by atoms with Gasteiger partial charge in [0.1, 0.15) is 7.85 Å². The van der Waals surface area contributed by atoms with E-state index in [0.717, 1.165) is 18.4 Å². The van der Waals surface area contributed by atoms with Gasteiger partial charge in [-0.1, -0.05) is 12.5 Å². The van der Waals surface area contributed by atoms with Gasteiger partial charge in [0, 0.05) is 19.5 Å². The fourth-order valence-electron chi connectivity index (χ4n) is 1.60. The number of carbonyl (C=O) groups excluding carboxylic acids is 1. The molecular formula is C9H14BNO. The van der Waals surface area contributed by atoms with Crippen LogP contribution in [0.1, 0.15) is 27.2 Å². The third-order valence-electron chi connectivity index (χ3n) is 2.40. The summed E-state index contributed by atoms with van der Waals surface area (Å²) in [4.78, 5) is 12.9. The second-order valence-corrected chi connectivity index (χ2v) is 3.49. The first-order valence-electron chi connectivity index (χ1n) is 4.23. The van der Waals surface area contributed by atoms with E-state index in [1.165, 1.54) is 5.57 Å². The minimum absolute atomic E-state index is 0.138. The van der Waals surface area contributed by atoms with E-state index in [4.69, 9.17) is 7.85 Å². The molecule has 64 valence electrons. The quantitative estimate of drug-likeness (QED) is 0.489. The average Bonchev–Trinajstić information content (AvgIpc) is 2.30. The zero-order valence-electron chi connectivity index (χ0n) is 7.92. The maximum atomic E-state index is 11.1. The predicted molar refractivity (Wildman–Crippen MR) is 49.9 cm³/mol. The van der Waals surface area contributed by atoms with E-state index in [1.807, 2.05) is 11.8 Å². The molecule has 1 amide bonds. The van der Waals surface area contributed by atoms with Crippen molar-refractivity contribution in [3.05, 3.63) is 11.0 Å². The van der Waals surface area contributed by atoms with Crippen LogP contribution in [0.3, 0.4) is 0 Å². The van der Waals surface area contributed by atoms with Gasteiger partial charge in [-0.25, -0.2) is 0 Å². The van der Waals surface area contributed by atoms with Gasteiger partial charge in [-0.3, -0.25) is 4.79 Å². The van der Waals surface area contributed by atoms with E-state index >= 15 is 0 Å². The fraction of sp³-hybridized carbons (Fsp3) is 0.667. The minimum atomic E-state index is 0.138. The van der Waals surface area contributed by atoms with Crippen molar-refractivity contribution in [3.8, 4) is 0 Å². The lowest BCUT2D eigenvalue weighted by Crippen LogP contribution is -2.31. The number of likely N-dealkylation sites (tertiary alicyclic amines) is 1. The monoisotopic (exact) mass is 163 g/mol. The van der Waals surface area contributed by atoms with E-state index in [9.17, 15) is 4.79 Å². The van der Waals surface area contributed by atoms with Crippen molar-refractivity contribution in [2.45, 2.75) is 33.2 Å². The Bertz CT molecular complexity index is 231. The summed E-state index contributed by atoms with van der Waals surface area (Å²) < 4.78 is 0. The van der Waals surface area contributed by atoms with Crippen LogP contribution in [0.5, 0.6) is 0 Å². The maximum absolute atomic E-state index is 11.1. The van der Waals surface area contributed by atoms with Crippen LogP contribution in [0, 0.1) is 0 Å². The van der Waals surface area contributed by atoms with Gasteiger partial charge in [0.05, 0.1) is 0 Å². The molecule has 12 heavy (non-hydrogen) atoms. The molecule has 0 spiro atoms. The van der Waals surface area contributed by atoms with Crippen molar-refractivity contribution < 1.29 is 4.79 Å². The molecule has 0 aromatic rings. The van der Waals surface area contributed by atoms with Crippen molar-refractivity contribution in [3.63, 3.8) is 0 Å². The molecule has 0 aromatic carbocycles. The Morgan fingerprint density at radius 3 is 2.42 bits per heavy atom. The maximum Gasteiger partial charge on any atom is 0.219 e. The Morgan fingerprint density at radius 2 is 2.17 bits per heavy atom. The highest BCUT2D eigenvalue weighted by atomic mass is 16.2. The Kier molecular flexibility index (Phi) is 2.60. The van der Waals surface area contributed by atoms with Gasteiger partial charge in [0.25, 0.3) is 0 Å². The molecular weight excluding hydrogens is 149 g/mol. The van der Waals surface area contributed by atoms with E-state index in [0.29, 0.717) is 6.04 Å². The molecule has 0 bridgehead atoms. The van der Waals surface area contributed by atoms with Gasteiger partial charge in [0.2, 0.25) is 5.91 Å². The summed E-state index contributed by atoms with van der Waals surface area (Å²) in [5.41, 5.74) is 2.07. The van der Waals surface area contributed by atoms with E-state index in [1.54, 1.807) is 6.92 Å². The third kappa shape index (κ3) is 1.71. The Labute approximate surface area is 75.0 Å². The average molecular weight is 163 g/mol. The van der Waals surface area contributed by atoms with Gasteiger partial charge in [-0.2, -0.15) is 0 Å². The third-order valence-corrected chi connectivity index (χ3v) is 2.40. The van der Waals surface area contributed by atoms with Gasteiger partial charge in [-0.05, 0) is 13.3 Å². The van der Waals surface area contributed by atoms with Gasteiger partial charge in [-0.15, -0.1) is 5.47 Å². The normalized spacial score (nSPS) is 27.6. The summed E-state index contributed by atoms with van der Waals surface area (Å²) >= 11 is 0. The van der Waals surface area contributed by atoms with Gasteiger partial charge < -0.3 is 4.90 Å². The molecule has 0 N–H and O–H groups in total. The van der Waals surface area contributed by atoms with Crippen LogP contribution >= 0.6 is 0 Å². The number of allylic oxidation sites excluding steroid dienone is 1. The van der Waals surface area contributed by atoms with Crippen molar-refractivity contribution in [1.29, 1.82) is 0 Å². The highest BCUT2D eigenvalue weighted by Gasteiger charge is 2.26. The summed E-state index contributed by atoms with van der Waals surface area (Å²) in [7, 11) is 5.66. The molecule has 1 rings (SSSR count). The lowest BCUT2D eigenvalue weighted by molar-refractivity contribution is -0.129. The van der Waals surface area contributed by atoms with Crippen molar-refractivity contribution in [2.75, 3.05) is 6.54 Å². The second-order valence-electron chi connectivity index (χ2n) is 3.49. The van der Waals surface area contributed by atoms with Crippen LogP contribution in [-0.2, 0) is 4.79 Å². The number of rotatable bonds is 0. The number of nitrogens with zero attached hydrogens (tertiary/aromatic N) is 1. The first-order chi connectivity index (χ1) is 5.52. The molecule has 0 saturated carbocycles. The molecule has 1 atom stereocenters. The van der Waals surface area contributed by atoms with Crippen molar-refractivity contribution in [1.82, 2.24) is 4.90 Å². The SMILES string of the molecule is [B]/C(C)=C1\CC(C)N(C(C)=O)C1. The van der Waals surface area contributed by atoms with E-state index in [-0.39, 0.29) is 5.91 Å². The molecule has 1 saturated heterocycles. The van der Waals surface area contributed by atoms with Crippen LogP contribution in [-0.4, -0.2) is 31.2 Å². The summed E-state index contributed by atoms with van der Waals surface area (Å²) in [5, 5.41) is 0. The summed E-state index contributed by atoms with van der Waals surface area (Å²) in [6.45, 7) is 6.27. The van der Waals surface area contributed by atoms with E-state index in [2.05, 4.69) is 6.92 Å². The molecule has 2 radical (unpaired) electrons. The Balaban J connectivity index is 2.75. The van der Waals surface area contributed by atoms with Crippen LogP contribution in [0.15, 0.2) is 11.0 Å². The van der Waals surface area contributed by atoms with E-state index < -0.39 is 0 Å². The number of amides is 1. The predicted octanol–water partition coefficient (Wildman–Crippen LogP) is 1.07. The molecule has 0 aliphatic carbocycles. The highest BCUT2D eigenvalue weighted by Crippen LogP contribution is 2.23. The molecule has 1 fully saturated rings. The van der Waals surface area contributed by atoms with Crippen LogP contribution < -0.4 is 0 Å². The molecule has 2 nitrogen and oxygen atoms in total. The molecule has 1 aliphatic rings. The Hall–Kier alpha value is -0.725. The van der Waals surface area contributed by atoms with Crippen molar-refractivity contribution >= 4 is 13.8 Å². The fourth-order valence-corrected chi connectivity index (χ4v) is 1.60. The smallest absolute Gasteiger partial charge is 0.219 e. The number of carbonyl (C=O) groups is 1. The summed E-state index contributed by atoms with van der Waals surface area (Å²) in [5.74, 6) is 0.138. The van der Waals surface area contributed by atoms with Gasteiger partial charge in [0.15, 0.2) is 0 Å². The number of hydrogen-bond donors (Lipinski definition) is 0. The standard InChI is InChI=1S/C9H14BNO/c1-6-4-9(7(2)10)5-11(6)8(3)12/h6H,4-5H2,1-3H3/b9-7+. The second kappa shape index (κ2) is 3.34. The topological polar surface area (TPSA) is 20.3 Å². The molecule has 1 aliphatic heterocycles. The molecule has 3 heteroatoms. The van der Waals surface area contributed by atoms with Gasteiger partial charge >= 0.3 is 0 Å². The largest absolute Gasteiger partial charge is 0.336 e. The number of hydrogen-bond acceptors (Lipinski definition) is 1. The zero-order chi connectivity index (χ0) is 9.30. The summed E-state index contributed by atoms with van der Waals surface area (Å²) in [6, 6.07) is 0.316. The first kappa shape index (κ1) is 9.36.